The molecule has 5 nitrogen and oxygen atoms in total. The molecule has 1 heterocycles. The number of hydrogen-bond acceptors (Lipinski definition) is 4. The molecule has 5 heteroatoms. The fourth-order valence-electron chi connectivity index (χ4n) is 4.61. The average Bonchev–Trinajstić information content (AvgIpc) is 2.74. The molecule has 1 aromatic carbocycles. The Balaban J connectivity index is 1.89. The van der Waals surface area contributed by atoms with E-state index in [4.69, 9.17) is 5.73 Å². The van der Waals surface area contributed by atoms with Gasteiger partial charge in [0.25, 0.3) is 0 Å². The molecule has 1 aromatic heterocycles. The molecule has 2 aromatic rings. The minimum absolute atomic E-state index is 0.118. The van der Waals surface area contributed by atoms with Crippen molar-refractivity contribution in [1.82, 2.24) is 9.88 Å². The highest BCUT2D eigenvalue weighted by Crippen LogP contribution is 2.47. The van der Waals surface area contributed by atoms with Crippen LogP contribution in [0.1, 0.15) is 87.9 Å². The summed E-state index contributed by atoms with van der Waals surface area (Å²) in [6, 6.07) is 8.40. The first-order valence-electron chi connectivity index (χ1n) is 11.5. The first kappa shape index (κ1) is 24.8. The lowest BCUT2D eigenvalue weighted by Gasteiger charge is -2.42. The lowest BCUT2D eigenvalue weighted by molar-refractivity contribution is -0.142. The molecule has 0 radical (unpaired) electrons. The molecule has 0 unspecified atom stereocenters. The molecule has 0 bridgehead atoms. The SMILES string of the molecule is C=C(c1ccc(CN(C=O)C(=O)C(C)(C)N)cn1)c1cc2c(cc1C)C(C)(C)CCC2(C)C. The van der Waals surface area contributed by atoms with Crippen molar-refractivity contribution in [3.63, 3.8) is 0 Å². The number of nitrogens with zero attached hydrogens (tertiary/aromatic N) is 2. The van der Waals surface area contributed by atoms with Crippen molar-refractivity contribution < 1.29 is 9.59 Å². The zero-order chi connectivity index (χ0) is 24.8. The van der Waals surface area contributed by atoms with Crippen LogP contribution < -0.4 is 5.73 Å². The second-order valence-corrected chi connectivity index (χ2v) is 11.3. The third-order valence-electron chi connectivity index (χ3n) is 6.95. The van der Waals surface area contributed by atoms with E-state index >= 15 is 0 Å². The summed E-state index contributed by atoms with van der Waals surface area (Å²) in [5.41, 5.74) is 12.5. The highest BCUT2D eigenvalue weighted by Gasteiger charge is 2.37. The van der Waals surface area contributed by atoms with Gasteiger partial charge in [-0.3, -0.25) is 19.5 Å². The van der Waals surface area contributed by atoms with Crippen molar-refractivity contribution in [3.8, 4) is 0 Å². The number of benzene rings is 1. The fraction of sp³-hybridized carbons (Fsp3) is 0.464. The Morgan fingerprint density at radius 1 is 1.15 bits per heavy atom. The maximum Gasteiger partial charge on any atom is 0.248 e. The molecule has 2 N–H and O–H groups in total. The number of nitrogens with two attached hydrogens (primary N) is 1. The number of carbonyl (C=O) groups excluding carboxylic acids is 2. The topological polar surface area (TPSA) is 76.3 Å². The molecular weight excluding hydrogens is 410 g/mol. The molecule has 176 valence electrons. The largest absolute Gasteiger partial charge is 0.318 e. The van der Waals surface area contributed by atoms with Gasteiger partial charge in [-0.15, -0.1) is 0 Å². The summed E-state index contributed by atoms with van der Waals surface area (Å²) in [6.45, 7) is 19.1. The first-order chi connectivity index (χ1) is 15.2. The molecule has 0 saturated heterocycles. The molecule has 1 aliphatic rings. The van der Waals surface area contributed by atoms with E-state index in [1.54, 1.807) is 20.0 Å². The van der Waals surface area contributed by atoms with E-state index in [1.807, 2.05) is 12.1 Å². The maximum absolute atomic E-state index is 12.3. The maximum atomic E-state index is 12.3. The summed E-state index contributed by atoms with van der Waals surface area (Å²) < 4.78 is 0. The molecule has 0 atom stereocenters. The molecule has 2 amide bonds. The Morgan fingerprint density at radius 2 is 1.73 bits per heavy atom. The third-order valence-corrected chi connectivity index (χ3v) is 6.95. The highest BCUT2D eigenvalue weighted by molar-refractivity contribution is 5.92. The second-order valence-electron chi connectivity index (χ2n) is 11.3. The van der Waals surface area contributed by atoms with Gasteiger partial charge in [-0.1, -0.05) is 46.4 Å². The van der Waals surface area contributed by atoms with Crippen molar-refractivity contribution in [2.24, 2.45) is 5.73 Å². The van der Waals surface area contributed by atoms with Gasteiger partial charge in [0.1, 0.15) is 0 Å². The van der Waals surface area contributed by atoms with E-state index in [-0.39, 0.29) is 17.4 Å². The number of aromatic nitrogens is 1. The van der Waals surface area contributed by atoms with Crippen LogP contribution in [0, 0.1) is 6.92 Å². The summed E-state index contributed by atoms with van der Waals surface area (Å²) in [5.74, 6) is -0.429. The van der Waals surface area contributed by atoms with Gasteiger partial charge in [0.15, 0.2) is 0 Å². The van der Waals surface area contributed by atoms with Crippen LogP contribution in [0.25, 0.3) is 5.57 Å². The van der Waals surface area contributed by atoms with Crippen molar-refractivity contribution >= 4 is 17.9 Å². The van der Waals surface area contributed by atoms with Crippen LogP contribution in [0.4, 0.5) is 0 Å². The molecule has 0 spiro atoms. The quantitative estimate of drug-likeness (QED) is 0.631. The lowest BCUT2D eigenvalue weighted by atomic mass is 9.62. The normalized spacial score (nSPS) is 16.6. The van der Waals surface area contributed by atoms with Gasteiger partial charge in [0.2, 0.25) is 12.3 Å². The number of rotatable bonds is 6. The Kier molecular flexibility index (Phi) is 6.42. The summed E-state index contributed by atoms with van der Waals surface area (Å²) in [6.07, 6.45) is 4.54. The zero-order valence-electron chi connectivity index (χ0n) is 21.1. The number of amides is 2. The van der Waals surface area contributed by atoms with E-state index in [1.165, 1.54) is 23.1 Å². The predicted octanol–water partition coefficient (Wildman–Crippen LogP) is 5.02. The molecule has 3 rings (SSSR count). The van der Waals surface area contributed by atoms with Gasteiger partial charge >= 0.3 is 0 Å². The van der Waals surface area contributed by atoms with Crippen molar-refractivity contribution in [3.05, 3.63) is 70.6 Å². The minimum Gasteiger partial charge on any atom is -0.318 e. The second kappa shape index (κ2) is 8.53. The molecule has 33 heavy (non-hydrogen) atoms. The summed E-state index contributed by atoms with van der Waals surface area (Å²) in [5, 5.41) is 0. The number of pyridine rings is 1. The third kappa shape index (κ3) is 4.93. The Labute approximate surface area is 198 Å². The van der Waals surface area contributed by atoms with Gasteiger partial charge in [0.05, 0.1) is 17.8 Å². The summed E-state index contributed by atoms with van der Waals surface area (Å²) in [7, 11) is 0. The van der Waals surface area contributed by atoms with Crippen LogP contribution >= 0.6 is 0 Å². The van der Waals surface area contributed by atoms with Gasteiger partial charge in [-0.25, -0.2) is 0 Å². The molecule has 0 fully saturated rings. The monoisotopic (exact) mass is 447 g/mol. The lowest BCUT2D eigenvalue weighted by Crippen LogP contribution is -2.50. The zero-order valence-corrected chi connectivity index (χ0v) is 21.1. The van der Waals surface area contributed by atoms with Gasteiger partial charge < -0.3 is 5.73 Å². The van der Waals surface area contributed by atoms with Crippen LogP contribution in [-0.2, 0) is 27.0 Å². The summed E-state index contributed by atoms with van der Waals surface area (Å²) in [4.78, 5) is 29.5. The van der Waals surface area contributed by atoms with Crippen molar-refractivity contribution in [1.29, 1.82) is 0 Å². The minimum atomic E-state index is -1.12. The van der Waals surface area contributed by atoms with E-state index in [2.05, 4.69) is 58.3 Å². The molecule has 0 saturated carbocycles. The van der Waals surface area contributed by atoms with Gasteiger partial charge in [0, 0.05) is 11.8 Å². The van der Waals surface area contributed by atoms with E-state index in [0.29, 0.717) is 6.41 Å². The predicted molar refractivity (Wildman–Crippen MR) is 134 cm³/mol. The van der Waals surface area contributed by atoms with Gasteiger partial charge in [-0.2, -0.15) is 0 Å². The smallest absolute Gasteiger partial charge is 0.248 e. The standard InChI is InChI=1S/C28H37N3O2/c1-18-13-22-23(27(5,6)12-11-26(22,3)4)14-21(18)19(2)24-10-9-20(15-30-24)16-31(17-32)25(33)28(7,8)29/h9-10,13-15,17H,2,11-12,16,29H2,1,3-8H3. The first-order valence-corrected chi connectivity index (χ1v) is 11.5. The number of aryl methyl sites for hydroxylation is 1. The van der Waals surface area contributed by atoms with E-state index < -0.39 is 11.4 Å². The average molecular weight is 448 g/mol. The Morgan fingerprint density at radius 3 is 2.21 bits per heavy atom. The number of hydrogen-bond donors (Lipinski definition) is 1. The summed E-state index contributed by atoms with van der Waals surface area (Å²) >= 11 is 0. The van der Waals surface area contributed by atoms with Crippen molar-refractivity contribution in [2.75, 3.05) is 0 Å². The van der Waals surface area contributed by atoms with Crippen molar-refractivity contribution in [2.45, 2.75) is 84.2 Å². The fourth-order valence-corrected chi connectivity index (χ4v) is 4.61. The number of carbonyl (C=O) groups is 2. The van der Waals surface area contributed by atoms with Crippen LogP contribution in [0.2, 0.25) is 0 Å². The molecule has 1 aliphatic carbocycles. The van der Waals surface area contributed by atoms with E-state index in [0.717, 1.165) is 33.7 Å². The van der Waals surface area contributed by atoms with E-state index in [9.17, 15) is 9.59 Å². The molecule has 0 aliphatic heterocycles. The number of imide groups is 1. The Hall–Kier alpha value is -2.79. The number of fused-ring (bicyclic) bond motifs is 1. The van der Waals surface area contributed by atoms with Gasteiger partial charge in [-0.05, 0) is 84.4 Å². The molecular formula is C28H37N3O2. The van der Waals surface area contributed by atoms with Crippen LogP contribution in [-0.4, -0.2) is 27.7 Å². The highest BCUT2D eigenvalue weighted by atomic mass is 16.2. The van der Waals surface area contributed by atoms with Crippen LogP contribution in [0.15, 0.2) is 37.0 Å². The van der Waals surface area contributed by atoms with Crippen LogP contribution in [0.3, 0.4) is 0 Å². The van der Waals surface area contributed by atoms with Crippen LogP contribution in [0.5, 0.6) is 0 Å². The Bertz CT molecular complexity index is 1090.